The first-order valence-electron chi connectivity index (χ1n) is 8.15. The van der Waals surface area contributed by atoms with Crippen molar-refractivity contribution in [2.75, 3.05) is 10.6 Å². The van der Waals surface area contributed by atoms with E-state index in [0.29, 0.717) is 28.3 Å². The van der Waals surface area contributed by atoms with Crippen LogP contribution in [-0.2, 0) is 16.4 Å². The highest BCUT2D eigenvalue weighted by molar-refractivity contribution is 7.92. The number of sulfonamides is 1. The van der Waals surface area contributed by atoms with Crippen LogP contribution in [0.4, 0.5) is 5.69 Å². The fraction of sp³-hybridized carbons (Fsp3) is 0.222. The van der Waals surface area contributed by atoms with Crippen LogP contribution in [0.5, 0.6) is 0 Å². The Morgan fingerprint density at radius 3 is 2.19 bits per heavy atom. The lowest BCUT2D eigenvalue weighted by Gasteiger charge is -2.21. The molecule has 7 nitrogen and oxygen atoms in total. The highest BCUT2D eigenvalue weighted by Gasteiger charge is 2.32. The molecule has 1 atom stereocenters. The van der Waals surface area contributed by atoms with Crippen molar-refractivity contribution < 1.29 is 18.0 Å². The number of rotatable bonds is 3. The number of hydrogen-bond acceptors (Lipinski definition) is 4. The summed E-state index contributed by atoms with van der Waals surface area (Å²) in [7, 11) is -3.39. The molecule has 0 saturated carbocycles. The second-order valence-corrected chi connectivity index (χ2v) is 8.67. The molecule has 2 aromatic rings. The van der Waals surface area contributed by atoms with Gasteiger partial charge >= 0.3 is 0 Å². The molecule has 3 rings (SSSR count). The number of fused-ring (bicyclic) bond motifs is 1. The zero-order valence-corrected chi connectivity index (χ0v) is 16.3. The highest BCUT2D eigenvalue weighted by Crippen LogP contribution is 2.34. The van der Waals surface area contributed by atoms with Crippen LogP contribution in [0.15, 0.2) is 42.5 Å². The Bertz CT molecular complexity index is 1010. The smallest absolute Gasteiger partial charge is 0.267 e. The molecule has 1 aliphatic rings. The second kappa shape index (κ2) is 7.21. The summed E-state index contributed by atoms with van der Waals surface area (Å²) in [5.74, 6) is -0.969. The summed E-state index contributed by atoms with van der Waals surface area (Å²) in [5, 5.41) is 0.506. The standard InChI is InChI=1S/C18H18ClN3O4S/c1-11-9-14-10-13(5-8-16(14)22(11)27(2,25)26)18(24)21-20-17(23)12-3-6-15(19)7-4-12/h3-8,10-11H,9H2,1-2H3,(H,20,23)(H,21,24)/t11-/m0/s1. The van der Waals surface area contributed by atoms with E-state index >= 15 is 0 Å². The Hall–Kier alpha value is -2.58. The number of carbonyl (C=O) groups is 2. The third-order valence-corrected chi connectivity index (χ3v) is 5.77. The number of hydrogen-bond donors (Lipinski definition) is 2. The lowest BCUT2D eigenvalue weighted by molar-refractivity contribution is 0.0846. The van der Waals surface area contributed by atoms with Crippen molar-refractivity contribution in [1.82, 2.24) is 10.9 Å². The third-order valence-electron chi connectivity index (χ3n) is 4.25. The zero-order valence-electron chi connectivity index (χ0n) is 14.7. The summed E-state index contributed by atoms with van der Waals surface area (Å²) in [4.78, 5) is 24.3. The first-order chi connectivity index (χ1) is 12.7. The van der Waals surface area contributed by atoms with Gasteiger partial charge in [0.25, 0.3) is 11.8 Å². The van der Waals surface area contributed by atoms with Gasteiger partial charge in [-0.25, -0.2) is 8.42 Å². The summed E-state index contributed by atoms with van der Waals surface area (Å²) in [6.07, 6.45) is 1.67. The van der Waals surface area contributed by atoms with Gasteiger partial charge in [0.15, 0.2) is 0 Å². The lowest BCUT2D eigenvalue weighted by Crippen LogP contribution is -2.41. The molecule has 142 valence electrons. The molecule has 0 bridgehead atoms. The van der Waals surface area contributed by atoms with E-state index in [9.17, 15) is 18.0 Å². The minimum absolute atomic E-state index is 0.210. The Balaban J connectivity index is 1.71. The summed E-state index contributed by atoms with van der Waals surface area (Å²) in [6.45, 7) is 1.81. The van der Waals surface area contributed by atoms with Crippen LogP contribution in [0.1, 0.15) is 33.2 Å². The molecular formula is C18H18ClN3O4S. The topological polar surface area (TPSA) is 95.6 Å². The number of hydrazine groups is 1. The average Bonchev–Trinajstić information content (AvgIpc) is 2.94. The normalized spacial score (nSPS) is 16.0. The van der Waals surface area contributed by atoms with Crippen molar-refractivity contribution in [3.05, 3.63) is 64.2 Å². The number of nitrogens with one attached hydrogen (secondary N) is 2. The Morgan fingerprint density at radius 1 is 1.04 bits per heavy atom. The van der Waals surface area contributed by atoms with Gasteiger partial charge in [0.1, 0.15) is 0 Å². The molecule has 0 radical (unpaired) electrons. The van der Waals surface area contributed by atoms with Crippen molar-refractivity contribution in [1.29, 1.82) is 0 Å². The van der Waals surface area contributed by atoms with Crippen LogP contribution in [0.3, 0.4) is 0 Å². The van der Waals surface area contributed by atoms with Gasteiger partial charge in [-0.3, -0.25) is 24.7 Å². The molecule has 0 saturated heterocycles. The number of halogens is 1. The van der Waals surface area contributed by atoms with Crippen molar-refractivity contribution in [2.24, 2.45) is 0 Å². The molecular weight excluding hydrogens is 390 g/mol. The first kappa shape index (κ1) is 19.2. The molecule has 27 heavy (non-hydrogen) atoms. The SMILES string of the molecule is C[C@H]1Cc2cc(C(=O)NNC(=O)c3ccc(Cl)cc3)ccc2N1S(C)(=O)=O. The summed E-state index contributed by atoms with van der Waals surface area (Å²) >= 11 is 5.78. The summed E-state index contributed by atoms with van der Waals surface area (Å²) in [6, 6.07) is 10.8. The van der Waals surface area contributed by atoms with E-state index in [-0.39, 0.29) is 6.04 Å². The molecule has 0 aromatic heterocycles. The molecule has 0 spiro atoms. The van der Waals surface area contributed by atoms with Gasteiger partial charge in [-0.15, -0.1) is 0 Å². The number of nitrogens with zero attached hydrogens (tertiary/aromatic N) is 1. The van der Waals surface area contributed by atoms with Gasteiger partial charge in [-0.1, -0.05) is 11.6 Å². The minimum atomic E-state index is -3.39. The van der Waals surface area contributed by atoms with E-state index in [0.717, 1.165) is 11.8 Å². The maximum atomic E-state index is 12.3. The van der Waals surface area contributed by atoms with Gasteiger partial charge in [0, 0.05) is 22.2 Å². The molecule has 1 heterocycles. The zero-order chi connectivity index (χ0) is 19.8. The lowest BCUT2D eigenvalue weighted by atomic mass is 10.1. The number of benzene rings is 2. The summed E-state index contributed by atoms with van der Waals surface area (Å²) in [5.41, 5.74) is 6.71. The van der Waals surface area contributed by atoms with E-state index in [1.165, 1.54) is 10.4 Å². The Morgan fingerprint density at radius 2 is 1.59 bits per heavy atom. The van der Waals surface area contributed by atoms with Gasteiger partial charge in [0.2, 0.25) is 10.0 Å². The quantitative estimate of drug-likeness (QED) is 0.762. The van der Waals surface area contributed by atoms with Crippen molar-refractivity contribution in [2.45, 2.75) is 19.4 Å². The van der Waals surface area contributed by atoms with Crippen molar-refractivity contribution in [3.8, 4) is 0 Å². The van der Waals surface area contributed by atoms with E-state index in [1.807, 2.05) is 6.92 Å². The Labute approximate surface area is 162 Å². The average molecular weight is 408 g/mol. The van der Waals surface area contributed by atoms with Crippen LogP contribution in [-0.4, -0.2) is 32.5 Å². The van der Waals surface area contributed by atoms with Crippen LogP contribution in [0.2, 0.25) is 5.02 Å². The predicted molar refractivity (Wildman–Crippen MR) is 103 cm³/mol. The fourth-order valence-electron chi connectivity index (χ4n) is 3.11. The van der Waals surface area contributed by atoms with Gasteiger partial charge in [0.05, 0.1) is 11.9 Å². The van der Waals surface area contributed by atoms with E-state index in [4.69, 9.17) is 11.6 Å². The molecule has 0 unspecified atom stereocenters. The minimum Gasteiger partial charge on any atom is -0.267 e. The maximum Gasteiger partial charge on any atom is 0.269 e. The number of amides is 2. The predicted octanol–water partition coefficient (Wildman–Crippen LogP) is 2.13. The van der Waals surface area contributed by atoms with E-state index in [1.54, 1.807) is 36.4 Å². The Kier molecular flexibility index (Phi) is 5.12. The second-order valence-electron chi connectivity index (χ2n) is 6.37. The highest BCUT2D eigenvalue weighted by atomic mass is 35.5. The van der Waals surface area contributed by atoms with Gasteiger partial charge in [-0.05, 0) is 61.4 Å². The van der Waals surface area contributed by atoms with Crippen molar-refractivity contribution in [3.63, 3.8) is 0 Å². The van der Waals surface area contributed by atoms with Gasteiger partial charge < -0.3 is 0 Å². The van der Waals surface area contributed by atoms with Crippen LogP contribution >= 0.6 is 11.6 Å². The molecule has 1 aliphatic heterocycles. The summed E-state index contributed by atoms with van der Waals surface area (Å²) < 4.78 is 25.3. The molecule has 2 amide bonds. The van der Waals surface area contributed by atoms with Crippen LogP contribution < -0.4 is 15.2 Å². The molecule has 0 aliphatic carbocycles. The largest absolute Gasteiger partial charge is 0.269 e. The molecule has 9 heteroatoms. The fourth-order valence-corrected chi connectivity index (χ4v) is 4.50. The van der Waals surface area contributed by atoms with Gasteiger partial charge in [-0.2, -0.15) is 0 Å². The first-order valence-corrected chi connectivity index (χ1v) is 10.4. The van der Waals surface area contributed by atoms with Crippen LogP contribution in [0, 0.1) is 0 Å². The van der Waals surface area contributed by atoms with E-state index < -0.39 is 21.8 Å². The van der Waals surface area contributed by atoms with Crippen molar-refractivity contribution >= 4 is 39.1 Å². The number of carbonyl (C=O) groups excluding carboxylic acids is 2. The van der Waals surface area contributed by atoms with E-state index in [2.05, 4.69) is 10.9 Å². The molecule has 2 aromatic carbocycles. The molecule has 2 N–H and O–H groups in total. The monoisotopic (exact) mass is 407 g/mol. The third kappa shape index (κ3) is 4.06. The van der Waals surface area contributed by atoms with Crippen LogP contribution in [0.25, 0.3) is 0 Å². The maximum absolute atomic E-state index is 12.3. The number of anilines is 1. The molecule has 0 fully saturated rings.